The molecule has 0 saturated heterocycles. The second kappa shape index (κ2) is 11.9. The number of rotatable bonds is 10. The predicted octanol–water partition coefficient (Wildman–Crippen LogP) is 4.28. The maximum Gasteiger partial charge on any atom is 0.407 e. The van der Waals surface area contributed by atoms with Crippen molar-refractivity contribution in [1.29, 1.82) is 5.26 Å². The number of thiophene rings is 1. The number of benzene rings is 1. The first-order valence-corrected chi connectivity index (χ1v) is 13.0. The first kappa shape index (κ1) is 25.5. The normalized spacial score (nSPS) is 14.5. The Labute approximate surface area is 214 Å². The van der Waals surface area contributed by atoms with Gasteiger partial charge in [-0.2, -0.15) is 10.4 Å². The van der Waals surface area contributed by atoms with E-state index in [-0.39, 0.29) is 18.3 Å². The average molecular weight is 507 g/mol. The minimum Gasteiger partial charge on any atom is -0.494 e. The minimum absolute atomic E-state index is 0.0963. The zero-order chi connectivity index (χ0) is 25.5. The first-order valence-electron chi connectivity index (χ1n) is 12.1. The lowest BCUT2D eigenvalue weighted by Crippen LogP contribution is -2.31. The third kappa shape index (κ3) is 6.32. The molecule has 0 aliphatic heterocycles. The fraction of sp³-hybridized carbons (Fsp3) is 0.407. The summed E-state index contributed by atoms with van der Waals surface area (Å²) in [6.07, 6.45) is 5.92. The molecule has 0 saturated carbocycles. The number of hydrogen-bond acceptors (Lipinski definition) is 7. The molecule has 1 aromatic carbocycles. The van der Waals surface area contributed by atoms with Gasteiger partial charge in [0.15, 0.2) is 0 Å². The Balaban J connectivity index is 1.33. The van der Waals surface area contributed by atoms with Gasteiger partial charge in [-0.3, -0.25) is 9.48 Å². The molecule has 0 spiro atoms. The fourth-order valence-electron chi connectivity index (χ4n) is 4.45. The number of ether oxygens (including phenoxy) is 2. The summed E-state index contributed by atoms with van der Waals surface area (Å²) in [7, 11) is 1.82. The monoisotopic (exact) mass is 506 g/mol. The van der Waals surface area contributed by atoms with Gasteiger partial charge in [-0.25, -0.2) is 4.79 Å². The highest BCUT2D eigenvalue weighted by Crippen LogP contribution is 2.35. The number of carbonyl (C=O) groups excluding carboxylic acids is 2. The van der Waals surface area contributed by atoms with E-state index in [0.717, 1.165) is 32.2 Å². The van der Waals surface area contributed by atoms with Crippen molar-refractivity contribution in [1.82, 2.24) is 15.1 Å². The lowest BCUT2D eigenvalue weighted by atomic mass is 9.92. The van der Waals surface area contributed by atoms with Gasteiger partial charge in [-0.15, -0.1) is 11.3 Å². The topological polar surface area (TPSA) is 106 Å². The number of aromatic nitrogens is 2. The van der Waals surface area contributed by atoms with Crippen LogP contribution in [0.4, 0.5) is 4.79 Å². The summed E-state index contributed by atoms with van der Waals surface area (Å²) in [4.78, 5) is 26.9. The highest BCUT2D eigenvalue weighted by molar-refractivity contribution is 7.12. The number of nitriles is 1. The number of alkyl carbamates (subject to hydrolysis) is 1. The Bertz CT molecular complexity index is 1270. The van der Waals surface area contributed by atoms with Crippen molar-refractivity contribution >= 4 is 23.2 Å². The Morgan fingerprint density at radius 2 is 2.17 bits per heavy atom. The molecular formula is C27H30N4O4S. The third-order valence-corrected chi connectivity index (χ3v) is 7.43. The van der Waals surface area contributed by atoms with E-state index in [4.69, 9.17) is 9.47 Å². The van der Waals surface area contributed by atoms with Crippen LogP contribution < -0.4 is 10.1 Å². The number of aryl methyl sites for hydroxylation is 2. The number of para-hydroxylation sites is 1. The fourth-order valence-corrected chi connectivity index (χ4v) is 5.84. The molecule has 3 aromatic rings. The van der Waals surface area contributed by atoms with Crippen LogP contribution >= 0.6 is 11.3 Å². The van der Waals surface area contributed by atoms with Gasteiger partial charge in [-0.05, 0) is 43.4 Å². The molecule has 2 heterocycles. The van der Waals surface area contributed by atoms with E-state index in [1.54, 1.807) is 10.9 Å². The van der Waals surface area contributed by atoms with Gasteiger partial charge < -0.3 is 14.8 Å². The van der Waals surface area contributed by atoms with Crippen molar-refractivity contribution in [3.63, 3.8) is 0 Å². The van der Waals surface area contributed by atoms with E-state index >= 15 is 0 Å². The molecule has 1 atom stereocenters. The summed E-state index contributed by atoms with van der Waals surface area (Å²) < 4.78 is 13.0. The van der Waals surface area contributed by atoms with Crippen LogP contribution in [0.15, 0.2) is 36.7 Å². The van der Waals surface area contributed by atoms with Gasteiger partial charge >= 0.3 is 6.09 Å². The zero-order valence-electron chi connectivity index (χ0n) is 20.6. The van der Waals surface area contributed by atoms with Crippen LogP contribution in [0.3, 0.4) is 0 Å². The Hall–Kier alpha value is -3.64. The van der Waals surface area contributed by atoms with Crippen molar-refractivity contribution in [2.45, 2.75) is 58.1 Å². The largest absolute Gasteiger partial charge is 0.494 e. The van der Waals surface area contributed by atoms with Crippen molar-refractivity contribution in [2.75, 3.05) is 6.61 Å². The summed E-state index contributed by atoms with van der Waals surface area (Å²) in [6.45, 7) is 2.87. The Morgan fingerprint density at radius 1 is 1.33 bits per heavy atom. The molecule has 36 heavy (non-hydrogen) atoms. The molecule has 1 unspecified atom stereocenters. The van der Waals surface area contributed by atoms with E-state index in [0.29, 0.717) is 50.8 Å². The van der Waals surface area contributed by atoms with E-state index in [1.165, 1.54) is 11.3 Å². The molecule has 1 aliphatic rings. The Kier molecular flexibility index (Phi) is 8.39. The molecule has 9 heteroatoms. The number of carbonyl (C=O) groups is 2. The van der Waals surface area contributed by atoms with E-state index in [2.05, 4.69) is 16.5 Å². The molecule has 0 radical (unpaired) electrons. The van der Waals surface area contributed by atoms with Gasteiger partial charge in [0.1, 0.15) is 23.7 Å². The predicted molar refractivity (Wildman–Crippen MR) is 136 cm³/mol. The van der Waals surface area contributed by atoms with E-state index < -0.39 is 6.09 Å². The van der Waals surface area contributed by atoms with Gasteiger partial charge in [0.05, 0.1) is 18.4 Å². The quantitative estimate of drug-likeness (QED) is 0.440. The van der Waals surface area contributed by atoms with Gasteiger partial charge in [-0.1, -0.05) is 18.2 Å². The molecule has 1 amide bonds. The van der Waals surface area contributed by atoms with Crippen molar-refractivity contribution in [3.05, 3.63) is 68.7 Å². The number of nitrogens with one attached hydrogen (secondary N) is 1. The molecule has 1 aliphatic carbocycles. The van der Waals surface area contributed by atoms with Crippen LogP contribution in [-0.4, -0.2) is 34.4 Å². The van der Waals surface area contributed by atoms with Crippen LogP contribution in [0.25, 0.3) is 0 Å². The molecular weight excluding hydrogens is 476 g/mol. The van der Waals surface area contributed by atoms with Gasteiger partial charge in [0.2, 0.25) is 0 Å². The molecule has 1 N–H and O–H groups in total. The number of amides is 1. The van der Waals surface area contributed by atoms with Gasteiger partial charge in [0.25, 0.3) is 0 Å². The smallest absolute Gasteiger partial charge is 0.407 e. The number of ketones is 1. The highest BCUT2D eigenvalue weighted by atomic mass is 32.1. The summed E-state index contributed by atoms with van der Waals surface area (Å²) in [5, 5.41) is 16.6. The molecule has 0 bridgehead atoms. The standard InChI is InChI=1S/C27H30N4O4S/c1-3-34-24-7-5-4-6-19(24)8-9-20(32)12-25-23(14-28)22-11-10-21(13-26(22)36-25)35-27(33)29-15-18-16-30-31(2)17-18/h4-7,16-17,21H,3,8-13,15H2,1-2H3,(H,29,33). The summed E-state index contributed by atoms with van der Waals surface area (Å²) in [5.41, 5.74) is 3.54. The molecule has 188 valence electrons. The maximum atomic E-state index is 12.8. The molecule has 2 aromatic heterocycles. The number of Topliss-reactive ketones (excluding diaryl/α,β-unsaturated/α-hetero) is 1. The third-order valence-electron chi connectivity index (χ3n) is 6.18. The first-order chi connectivity index (χ1) is 17.5. The van der Waals surface area contributed by atoms with Crippen LogP contribution in [0.1, 0.15) is 51.8 Å². The summed E-state index contributed by atoms with van der Waals surface area (Å²) in [5.74, 6) is 0.909. The van der Waals surface area contributed by atoms with Crippen molar-refractivity contribution < 1.29 is 19.1 Å². The van der Waals surface area contributed by atoms with E-state index in [1.807, 2.05) is 44.4 Å². The summed E-state index contributed by atoms with van der Waals surface area (Å²) >= 11 is 1.50. The van der Waals surface area contributed by atoms with Crippen molar-refractivity contribution in [3.8, 4) is 11.8 Å². The molecule has 8 nitrogen and oxygen atoms in total. The lowest BCUT2D eigenvalue weighted by Gasteiger charge is -2.22. The SMILES string of the molecule is CCOc1ccccc1CCC(=O)Cc1sc2c(c1C#N)CCC(OC(=O)NCc1cnn(C)c1)C2. The molecule has 4 rings (SSSR count). The maximum absolute atomic E-state index is 12.8. The van der Waals surface area contributed by atoms with Crippen LogP contribution in [-0.2, 0) is 48.8 Å². The zero-order valence-corrected chi connectivity index (χ0v) is 21.4. The second-order valence-corrected chi connectivity index (χ2v) is 10.0. The summed E-state index contributed by atoms with van der Waals surface area (Å²) in [6, 6.07) is 10.1. The van der Waals surface area contributed by atoms with E-state index in [9.17, 15) is 14.9 Å². The number of hydrogen-bond donors (Lipinski definition) is 1. The van der Waals surface area contributed by atoms with Crippen LogP contribution in [0, 0.1) is 11.3 Å². The van der Waals surface area contributed by atoms with Crippen molar-refractivity contribution in [2.24, 2.45) is 7.05 Å². The van der Waals surface area contributed by atoms with Crippen LogP contribution in [0.2, 0.25) is 0 Å². The highest BCUT2D eigenvalue weighted by Gasteiger charge is 2.28. The number of nitrogens with zero attached hydrogens (tertiary/aromatic N) is 3. The Morgan fingerprint density at radius 3 is 2.92 bits per heavy atom. The average Bonchev–Trinajstić information content (AvgIpc) is 3.44. The lowest BCUT2D eigenvalue weighted by molar-refractivity contribution is -0.118. The molecule has 0 fully saturated rings. The second-order valence-electron chi connectivity index (χ2n) is 8.82. The number of fused-ring (bicyclic) bond motifs is 1. The minimum atomic E-state index is -0.466. The van der Waals surface area contributed by atoms with Crippen LogP contribution in [0.5, 0.6) is 5.75 Å². The van der Waals surface area contributed by atoms with Gasteiger partial charge in [0, 0.05) is 54.4 Å².